The average molecular weight is 485 g/mol. The molecule has 1 amide bonds. The first kappa shape index (κ1) is 20.0. The van der Waals surface area contributed by atoms with Crippen LogP contribution < -0.4 is 5.32 Å². The highest BCUT2D eigenvalue weighted by atomic mass is 79.9. The van der Waals surface area contributed by atoms with Crippen molar-refractivity contribution in [2.75, 3.05) is 11.1 Å². The number of hydrogen-bond acceptors (Lipinski definition) is 6. The van der Waals surface area contributed by atoms with Crippen molar-refractivity contribution >= 4 is 61.0 Å². The molecule has 2 heterocycles. The van der Waals surface area contributed by atoms with E-state index in [0.717, 1.165) is 42.3 Å². The summed E-state index contributed by atoms with van der Waals surface area (Å²) in [6.07, 6.45) is 0. The predicted molar refractivity (Wildman–Crippen MR) is 124 cm³/mol. The van der Waals surface area contributed by atoms with Crippen LogP contribution in [0.25, 0.3) is 22.2 Å². The molecule has 0 aliphatic rings. The highest BCUT2D eigenvalue weighted by Gasteiger charge is 2.17. The van der Waals surface area contributed by atoms with Crippen LogP contribution in [0, 0.1) is 6.92 Å². The molecule has 0 radical (unpaired) electrons. The molecule has 8 heteroatoms. The Morgan fingerprint density at radius 3 is 2.79 bits per heavy atom. The monoisotopic (exact) mass is 484 g/mol. The van der Waals surface area contributed by atoms with Gasteiger partial charge in [0.05, 0.1) is 16.8 Å². The fourth-order valence-corrected chi connectivity index (χ4v) is 5.03. The topological polar surface area (TPSA) is 67.8 Å². The summed E-state index contributed by atoms with van der Waals surface area (Å²) in [6.45, 7) is 4.06. The molecule has 0 atom stereocenters. The van der Waals surface area contributed by atoms with Crippen LogP contribution in [-0.2, 0) is 0 Å². The van der Waals surface area contributed by atoms with Crippen molar-refractivity contribution < 1.29 is 4.79 Å². The largest absolute Gasteiger partial charge is 0.296 e. The number of amides is 1. The molecular formula is C21H17BrN4OS2. The minimum absolute atomic E-state index is 0.219. The van der Waals surface area contributed by atoms with Crippen LogP contribution in [0.4, 0.5) is 5.13 Å². The second kappa shape index (κ2) is 8.61. The number of halogens is 1. The lowest BCUT2D eigenvalue weighted by atomic mass is 10.0. The molecule has 4 aromatic rings. The molecule has 0 saturated heterocycles. The number of aryl methyl sites for hydroxylation is 1. The van der Waals surface area contributed by atoms with E-state index in [0.29, 0.717) is 10.7 Å². The van der Waals surface area contributed by atoms with E-state index in [-0.39, 0.29) is 5.91 Å². The van der Waals surface area contributed by atoms with Gasteiger partial charge in [-0.1, -0.05) is 76.3 Å². The summed E-state index contributed by atoms with van der Waals surface area (Å²) in [5.41, 5.74) is 4.09. The van der Waals surface area contributed by atoms with Crippen molar-refractivity contribution in [3.63, 3.8) is 0 Å². The van der Waals surface area contributed by atoms with Gasteiger partial charge in [0, 0.05) is 15.4 Å². The minimum atomic E-state index is -0.219. The van der Waals surface area contributed by atoms with Gasteiger partial charge in [-0.05, 0) is 36.4 Å². The first-order valence-corrected chi connectivity index (χ1v) is 11.6. The quantitative estimate of drug-likeness (QED) is 0.270. The van der Waals surface area contributed by atoms with E-state index >= 15 is 0 Å². The van der Waals surface area contributed by atoms with E-state index in [2.05, 4.69) is 38.4 Å². The smallest absolute Gasteiger partial charge is 0.258 e. The fraction of sp³-hybridized carbons (Fsp3) is 0.143. The van der Waals surface area contributed by atoms with Gasteiger partial charge in [0.15, 0.2) is 4.34 Å². The second-order valence-electron chi connectivity index (χ2n) is 6.30. The Labute approximate surface area is 185 Å². The fourth-order valence-electron chi connectivity index (χ4n) is 2.98. The van der Waals surface area contributed by atoms with Crippen LogP contribution in [0.1, 0.15) is 22.8 Å². The molecule has 0 saturated carbocycles. The molecule has 4 rings (SSSR count). The van der Waals surface area contributed by atoms with Crippen molar-refractivity contribution in [1.82, 2.24) is 15.2 Å². The summed E-state index contributed by atoms with van der Waals surface area (Å²) in [5.74, 6) is 0.691. The number of carbonyl (C=O) groups excluding carboxylic acids is 1. The van der Waals surface area contributed by atoms with Crippen LogP contribution >= 0.6 is 39.0 Å². The number of benzene rings is 2. The molecule has 0 unspecified atom stereocenters. The Bertz CT molecular complexity index is 1210. The number of aromatic nitrogens is 3. The molecule has 0 fully saturated rings. The zero-order valence-corrected chi connectivity index (χ0v) is 19.0. The number of nitrogens with zero attached hydrogens (tertiary/aromatic N) is 3. The van der Waals surface area contributed by atoms with Crippen molar-refractivity contribution in [2.24, 2.45) is 0 Å². The van der Waals surface area contributed by atoms with Crippen LogP contribution in [-0.4, -0.2) is 26.8 Å². The highest BCUT2D eigenvalue weighted by molar-refractivity contribution is 9.10. The van der Waals surface area contributed by atoms with Gasteiger partial charge in [-0.3, -0.25) is 10.1 Å². The van der Waals surface area contributed by atoms with Crippen molar-refractivity contribution in [3.8, 4) is 11.3 Å². The molecule has 29 heavy (non-hydrogen) atoms. The highest BCUT2D eigenvalue weighted by Crippen LogP contribution is 2.30. The zero-order chi connectivity index (χ0) is 20.4. The maximum Gasteiger partial charge on any atom is 0.258 e. The lowest BCUT2D eigenvalue weighted by Gasteiger charge is -2.11. The van der Waals surface area contributed by atoms with Gasteiger partial charge in [0.1, 0.15) is 0 Å². The van der Waals surface area contributed by atoms with Crippen LogP contribution in [0.2, 0.25) is 0 Å². The summed E-state index contributed by atoms with van der Waals surface area (Å²) in [6, 6.07) is 15.6. The molecule has 0 spiro atoms. The van der Waals surface area contributed by atoms with Gasteiger partial charge in [0.25, 0.3) is 5.91 Å². The molecular weight excluding hydrogens is 468 g/mol. The van der Waals surface area contributed by atoms with E-state index in [4.69, 9.17) is 4.98 Å². The molecule has 1 N–H and O–H groups in total. The van der Waals surface area contributed by atoms with Crippen LogP contribution in [0.3, 0.4) is 0 Å². The summed E-state index contributed by atoms with van der Waals surface area (Å²) in [4.78, 5) is 18.0. The summed E-state index contributed by atoms with van der Waals surface area (Å²) < 4.78 is 1.80. The van der Waals surface area contributed by atoms with Gasteiger partial charge in [-0.25, -0.2) is 4.98 Å². The van der Waals surface area contributed by atoms with E-state index in [1.54, 1.807) is 11.8 Å². The average Bonchev–Trinajstić information content (AvgIpc) is 3.15. The summed E-state index contributed by atoms with van der Waals surface area (Å²) in [5, 5.41) is 12.4. The summed E-state index contributed by atoms with van der Waals surface area (Å²) >= 11 is 6.49. The van der Waals surface area contributed by atoms with E-state index in [9.17, 15) is 4.79 Å². The number of pyridine rings is 1. The van der Waals surface area contributed by atoms with Gasteiger partial charge < -0.3 is 0 Å². The van der Waals surface area contributed by atoms with Crippen LogP contribution in [0.5, 0.6) is 0 Å². The number of para-hydroxylation sites is 1. The molecule has 0 aliphatic carbocycles. The van der Waals surface area contributed by atoms with Crippen molar-refractivity contribution in [2.45, 2.75) is 18.2 Å². The zero-order valence-electron chi connectivity index (χ0n) is 15.8. The number of thioether (sulfide) groups is 1. The predicted octanol–water partition coefficient (Wildman–Crippen LogP) is 6.19. The van der Waals surface area contributed by atoms with Gasteiger partial charge in [-0.15, -0.1) is 10.2 Å². The van der Waals surface area contributed by atoms with Gasteiger partial charge >= 0.3 is 0 Å². The molecule has 5 nitrogen and oxygen atoms in total. The van der Waals surface area contributed by atoms with Gasteiger partial charge in [0.2, 0.25) is 5.13 Å². The SMILES string of the molecule is CCSc1nnc(NC(=O)c2cc(-c3cccc(Br)c3)nc3c(C)cccc23)s1. The first-order chi connectivity index (χ1) is 14.0. The molecule has 146 valence electrons. The Morgan fingerprint density at radius 2 is 2.00 bits per heavy atom. The lowest BCUT2D eigenvalue weighted by Crippen LogP contribution is -2.13. The third-order valence-corrected chi connectivity index (χ3v) is 6.65. The Kier molecular flexibility index (Phi) is 5.94. The van der Waals surface area contributed by atoms with E-state index in [1.807, 2.05) is 55.5 Å². The molecule has 0 bridgehead atoms. The van der Waals surface area contributed by atoms with Gasteiger partial charge in [-0.2, -0.15) is 0 Å². The number of carbonyl (C=O) groups is 1. The number of anilines is 1. The maximum atomic E-state index is 13.1. The standard InChI is InChI=1S/C21H17BrN4OS2/c1-3-28-21-26-25-20(29-21)24-19(27)16-11-17(13-7-5-8-14(22)10-13)23-18-12(2)6-4-9-15(16)18/h4-11H,3H2,1-2H3,(H,24,25,27). The third kappa shape index (κ3) is 4.34. The molecule has 2 aromatic carbocycles. The Morgan fingerprint density at radius 1 is 1.17 bits per heavy atom. The second-order valence-corrected chi connectivity index (χ2v) is 9.70. The number of nitrogens with one attached hydrogen (secondary N) is 1. The van der Waals surface area contributed by atoms with Crippen molar-refractivity contribution in [3.05, 3.63) is 64.1 Å². The van der Waals surface area contributed by atoms with E-state index < -0.39 is 0 Å². The number of rotatable bonds is 5. The number of hydrogen-bond donors (Lipinski definition) is 1. The molecule has 0 aliphatic heterocycles. The van der Waals surface area contributed by atoms with Crippen molar-refractivity contribution in [1.29, 1.82) is 0 Å². The molecule has 2 aromatic heterocycles. The Hall–Kier alpha value is -2.29. The summed E-state index contributed by atoms with van der Waals surface area (Å²) in [7, 11) is 0. The normalized spacial score (nSPS) is 11.0. The third-order valence-electron chi connectivity index (χ3n) is 4.30. The maximum absolute atomic E-state index is 13.1. The van der Waals surface area contributed by atoms with E-state index in [1.165, 1.54) is 11.3 Å². The number of fused-ring (bicyclic) bond motifs is 1. The Balaban J connectivity index is 1.79. The lowest BCUT2D eigenvalue weighted by molar-refractivity contribution is 0.102. The first-order valence-electron chi connectivity index (χ1n) is 8.99. The van der Waals surface area contributed by atoms with Crippen LogP contribution in [0.15, 0.2) is 57.3 Å². The minimum Gasteiger partial charge on any atom is -0.296 e.